The smallest absolute Gasteiger partial charge is 0.221 e. The molecule has 0 aliphatic heterocycles. The molecular formula is C16H15FN2O2. The molecule has 2 aromatic rings. The van der Waals surface area contributed by atoms with Gasteiger partial charge in [0.05, 0.1) is 6.54 Å². The molecule has 2 aromatic carbocycles. The summed E-state index contributed by atoms with van der Waals surface area (Å²) < 4.78 is 13.0. The summed E-state index contributed by atoms with van der Waals surface area (Å²) in [5, 5.41) is 5.50. The van der Waals surface area contributed by atoms with Crippen molar-refractivity contribution in [3.63, 3.8) is 0 Å². The van der Waals surface area contributed by atoms with Crippen LogP contribution in [0.1, 0.15) is 17.3 Å². The third kappa shape index (κ3) is 4.42. The lowest BCUT2D eigenvalue weighted by Crippen LogP contribution is -2.14. The summed E-state index contributed by atoms with van der Waals surface area (Å²) in [6, 6.07) is 12.5. The second-order valence-electron chi connectivity index (χ2n) is 4.55. The lowest BCUT2D eigenvalue weighted by Gasteiger charge is -2.07. The van der Waals surface area contributed by atoms with Crippen molar-refractivity contribution in [3.8, 4) is 0 Å². The minimum atomic E-state index is -0.355. The first kappa shape index (κ1) is 14.7. The van der Waals surface area contributed by atoms with Crippen molar-refractivity contribution in [2.45, 2.75) is 6.92 Å². The van der Waals surface area contributed by atoms with Gasteiger partial charge in [-0.15, -0.1) is 0 Å². The number of halogens is 1. The summed E-state index contributed by atoms with van der Waals surface area (Å²) >= 11 is 0. The Morgan fingerprint density at radius 1 is 1.05 bits per heavy atom. The van der Waals surface area contributed by atoms with Gasteiger partial charge in [0.25, 0.3) is 0 Å². The van der Waals surface area contributed by atoms with Gasteiger partial charge in [0.2, 0.25) is 5.91 Å². The zero-order valence-corrected chi connectivity index (χ0v) is 11.5. The maximum atomic E-state index is 13.0. The average molecular weight is 286 g/mol. The third-order valence-corrected chi connectivity index (χ3v) is 2.80. The summed E-state index contributed by atoms with van der Waals surface area (Å²) in [7, 11) is 0. The van der Waals surface area contributed by atoms with Crippen LogP contribution in [0.2, 0.25) is 0 Å². The number of anilines is 2. The number of ketones is 1. The quantitative estimate of drug-likeness (QED) is 0.830. The van der Waals surface area contributed by atoms with E-state index in [9.17, 15) is 14.0 Å². The van der Waals surface area contributed by atoms with Gasteiger partial charge in [0, 0.05) is 23.9 Å². The Morgan fingerprint density at radius 2 is 1.76 bits per heavy atom. The van der Waals surface area contributed by atoms with Gasteiger partial charge in [-0.25, -0.2) is 4.39 Å². The van der Waals surface area contributed by atoms with Crippen molar-refractivity contribution >= 4 is 23.1 Å². The van der Waals surface area contributed by atoms with E-state index in [0.717, 1.165) is 0 Å². The van der Waals surface area contributed by atoms with E-state index in [1.165, 1.54) is 19.1 Å². The summed E-state index contributed by atoms with van der Waals surface area (Å²) in [6.07, 6.45) is 0. The molecule has 21 heavy (non-hydrogen) atoms. The SMILES string of the molecule is CC(=O)Nc1ccc(C(=O)CNc2cccc(F)c2)cc1. The predicted octanol–water partition coefficient (Wildman–Crippen LogP) is 3.08. The van der Waals surface area contributed by atoms with Crippen LogP contribution in [-0.2, 0) is 4.79 Å². The highest BCUT2D eigenvalue weighted by Gasteiger charge is 2.06. The first-order chi connectivity index (χ1) is 10.0. The summed E-state index contributed by atoms with van der Waals surface area (Å²) in [5.41, 5.74) is 1.71. The number of benzene rings is 2. The Labute approximate surface area is 122 Å². The molecule has 5 heteroatoms. The zero-order chi connectivity index (χ0) is 15.2. The Morgan fingerprint density at radius 3 is 2.38 bits per heavy atom. The minimum absolute atomic E-state index is 0.0724. The van der Waals surface area contributed by atoms with Crippen LogP contribution in [0.3, 0.4) is 0 Å². The second-order valence-corrected chi connectivity index (χ2v) is 4.55. The number of Topliss-reactive ketones (excluding diaryl/α,β-unsaturated/α-hetero) is 1. The largest absolute Gasteiger partial charge is 0.377 e. The molecule has 0 saturated carbocycles. The van der Waals surface area contributed by atoms with Crippen LogP contribution in [0.25, 0.3) is 0 Å². The van der Waals surface area contributed by atoms with E-state index in [1.807, 2.05) is 0 Å². The van der Waals surface area contributed by atoms with Crippen molar-refractivity contribution < 1.29 is 14.0 Å². The standard InChI is InChI=1S/C16H15FN2O2/c1-11(20)19-14-7-5-12(6-8-14)16(21)10-18-15-4-2-3-13(17)9-15/h2-9,18H,10H2,1H3,(H,19,20). The van der Waals surface area contributed by atoms with Crippen molar-refractivity contribution in [1.82, 2.24) is 0 Å². The molecule has 0 fully saturated rings. The van der Waals surface area contributed by atoms with Gasteiger partial charge in [-0.1, -0.05) is 6.07 Å². The number of hydrogen-bond acceptors (Lipinski definition) is 3. The van der Waals surface area contributed by atoms with Crippen LogP contribution in [0.15, 0.2) is 48.5 Å². The van der Waals surface area contributed by atoms with Crippen LogP contribution < -0.4 is 10.6 Å². The molecule has 0 spiro atoms. The summed E-state index contributed by atoms with van der Waals surface area (Å²) in [6.45, 7) is 1.49. The van der Waals surface area contributed by atoms with Gasteiger partial charge in [-0.2, -0.15) is 0 Å². The van der Waals surface area contributed by atoms with Crippen LogP contribution in [0.5, 0.6) is 0 Å². The highest BCUT2D eigenvalue weighted by molar-refractivity contribution is 5.99. The molecule has 2 rings (SSSR count). The van der Waals surface area contributed by atoms with E-state index in [2.05, 4.69) is 10.6 Å². The highest BCUT2D eigenvalue weighted by atomic mass is 19.1. The fourth-order valence-electron chi connectivity index (χ4n) is 1.83. The maximum Gasteiger partial charge on any atom is 0.221 e. The Bertz CT molecular complexity index is 654. The summed E-state index contributed by atoms with van der Waals surface area (Å²) in [5.74, 6) is -0.636. The first-order valence-electron chi connectivity index (χ1n) is 6.45. The van der Waals surface area contributed by atoms with Gasteiger partial charge in [0.15, 0.2) is 5.78 Å². The molecule has 2 N–H and O–H groups in total. The maximum absolute atomic E-state index is 13.0. The molecule has 4 nitrogen and oxygen atoms in total. The molecule has 0 aliphatic carbocycles. The van der Waals surface area contributed by atoms with Crippen molar-refractivity contribution in [2.24, 2.45) is 0 Å². The fraction of sp³-hybridized carbons (Fsp3) is 0.125. The molecule has 0 bridgehead atoms. The van der Waals surface area contributed by atoms with E-state index in [0.29, 0.717) is 16.9 Å². The van der Waals surface area contributed by atoms with Gasteiger partial charge in [-0.05, 0) is 42.5 Å². The number of carbonyl (C=O) groups excluding carboxylic acids is 2. The van der Waals surface area contributed by atoms with Crippen molar-refractivity contribution in [3.05, 3.63) is 59.9 Å². The Balaban J connectivity index is 1.95. The third-order valence-electron chi connectivity index (χ3n) is 2.80. The van der Waals surface area contributed by atoms with E-state index in [-0.39, 0.29) is 24.1 Å². The number of nitrogens with one attached hydrogen (secondary N) is 2. The normalized spacial score (nSPS) is 10.0. The Kier molecular flexibility index (Phi) is 4.66. The van der Waals surface area contributed by atoms with Crippen LogP contribution in [0.4, 0.5) is 15.8 Å². The highest BCUT2D eigenvalue weighted by Crippen LogP contribution is 2.12. The van der Waals surface area contributed by atoms with E-state index >= 15 is 0 Å². The summed E-state index contributed by atoms with van der Waals surface area (Å²) in [4.78, 5) is 22.9. The molecule has 108 valence electrons. The topological polar surface area (TPSA) is 58.2 Å². The number of carbonyl (C=O) groups is 2. The van der Waals surface area contributed by atoms with Gasteiger partial charge < -0.3 is 10.6 Å². The van der Waals surface area contributed by atoms with E-state index in [4.69, 9.17) is 0 Å². The number of hydrogen-bond donors (Lipinski definition) is 2. The lowest BCUT2D eigenvalue weighted by molar-refractivity contribution is -0.114. The molecule has 0 heterocycles. The second kappa shape index (κ2) is 6.65. The van der Waals surface area contributed by atoms with Gasteiger partial charge in [0.1, 0.15) is 5.82 Å². The van der Waals surface area contributed by atoms with Crippen LogP contribution in [-0.4, -0.2) is 18.2 Å². The molecule has 0 saturated heterocycles. The van der Waals surface area contributed by atoms with Crippen LogP contribution in [0, 0.1) is 5.82 Å². The molecule has 0 unspecified atom stereocenters. The fourth-order valence-corrected chi connectivity index (χ4v) is 1.83. The van der Waals surface area contributed by atoms with Crippen LogP contribution >= 0.6 is 0 Å². The van der Waals surface area contributed by atoms with Gasteiger partial charge in [-0.3, -0.25) is 9.59 Å². The molecule has 0 aromatic heterocycles. The Hall–Kier alpha value is -2.69. The monoisotopic (exact) mass is 286 g/mol. The van der Waals surface area contributed by atoms with Crippen molar-refractivity contribution in [2.75, 3.05) is 17.2 Å². The molecule has 0 aliphatic rings. The van der Waals surface area contributed by atoms with E-state index in [1.54, 1.807) is 36.4 Å². The molecule has 0 radical (unpaired) electrons. The predicted molar refractivity (Wildman–Crippen MR) is 80.0 cm³/mol. The average Bonchev–Trinajstić information content (AvgIpc) is 2.45. The number of rotatable bonds is 5. The first-order valence-corrected chi connectivity index (χ1v) is 6.45. The molecular weight excluding hydrogens is 271 g/mol. The van der Waals surface area contributed by atoms with Crippen molar-refractivity contribution in [1.29, 1.82) is 0 Å². The minimum Gasteiger partial charge on any atom is -0.377 e. The molecule has 0 atom stereocenters. The zero-order valence-electron chi connectivity index (χ0n) is 11.5. The number of amides is 1. The van der Waals surface area contributed by atoms with E-state index < -0.39 is 0 Å². The van der Waals surface area contributed by atoms with Gasteiger partial charge >= 0.3 is 0 Å². The lowest BCUT2D eigenvalue weighted by atomic mass is 10.1. The molecule has 1 amide bonds.